The van der Waals surface area contributed by atoms with Crippen LogP contribution in [0.2, 0.25) is 5.02 Å². The fraction of sp³-hybridized carbons (Fsp3) is 0.500. The molecule has 1 amide bonds. The Hall–Kier alpha value is -0.330. The first-order chi connectivity index (χ1) is 8.71. The monoisotopic (exact) mass is 395 g/mol. The maximum atomic E-state index is 12.1. The first-order valence-electron chi connectivity index (χ1n) is 6.17. The summed E-state index contributed by atoms with van der Waals surface area (Å²) in [5.74, 6) is 0.161. The molecule has 0 saturated heterocycles. The van der Waals surface area contributed by atoms with E-state index in [4.69, 9.17) is 11.6 Å². The molecule has 0 aliphatic carbocycles. The van der Waals surface area contributed by atoms with Gasteiger partial charge in [-0.15, -0.1) is 0 Å². The molecule has 1 aromatic rings. The number of carbonyl (C=O) groups excluding carboxylic acids is 1. The number of amides is 1. The van der Waals surface area contributed by atoms with Crippen LogP contribution in [0, 0.1) is 9.49 Å². The van der Waals surface area contributed by atoms with Crippen molar-refractivity contribution in [3.05, 3.63) is 32.4 Å². The molecule has 5 heteroatoms. The van der Waals surface area contributed by atoms with E-state index in [1.54, 1.807) is 25.1 Å². The van der Waals surface area contributed by atoms with Crippen LogP contribution in [0.1, 0.15) is 37.6 Å². The summed E-state index contributed by atoms with van der Waals surface area (Å²) in [4.78, 5) is 12.1. The molecule has 0 saturated carbocycles. The van der Waals surface area contributed by atoms with Gasteiger partial charge >= 0.3 is 0 Å². The Bertz CT molecular complexity index is 461. The van der Waals surface area contributed by atoms with E-state index in [9.17, 15) is 9.90 Å². The fourth-order valence-electron chi connectivity index (χ4n) is 1.99. The molecule has 0 bridgehead atoms. The zero-order chi connectivity index (χ0) is 14.6. The zero-order valence-corrected chi connectivity index (χ0v) is 14.2. The number of rotatable bonds is 5. The Labute approximate surface area is 132 Å². The summed E-state index contributed by atoms with van der Waals surface area (Å²) in [5, 5.41) is 13.4. The molecule has 0 fully saturated rings. The highest BCUT2D eigenvalue weighted by Crippen LogP contribution is 2.19. The molecular formula is C14H19ClINO2. The smallest absolute Gasteiger partial charge is 0.252 e. The summed E-state index contributed by atoms with van der Waals surface area (Å²) >= 11 is 7.98. The summed E-state index contributed by atoms with van der Waals surface area (Å²) in [5.41, 5.74) is -0.359. The maximum absolute atomic E-state index is 12.1. The maximum Gasteiger partial charge on any atom is 0.252 e. The predicted molar refractivity (Wildman–Crippen MR) is 86.6 cm³/mol. The summed E-state index contributed by atoms with van der Waals surface area (Å²) in [7, 11) is 0. The van der Waals surface area contributed by atoms with Gasteiger partial charge in [0.2, 0.25) is 0 Å². The first-order valence-corrected chi connectivity index (χ1v) is 7.62. The average Bonchev–Trinajstić information content (AvgIpc) is 2.27. The van der Waals surface area contributed by atoms with E-state index in [2.05, 4.69) is 27.9 Å². The van der Waals surface area contributed by atoms with E-state index in [1.165, 1.54) is 0 Å². The van der Waals surface area contributed by atoms with Crippen molar-refractivity contribution in [1.82, 2.24) is 5.32 Å². The van der Waals surface area contributed by atoms with Crippen molar-refractivity contribution in [3.8, 4) is 0 Å². The van der Waals surface area contributed by atoms with Crippen LogP contribution in [0.4, 0.5) is 0 Å². The first kappa shape index (κ1) is 16.7. The van der Waals surface area contributed by atoms with E-state index < -0.39 is 5.60 Å². The van der Waals surface area contributed by atoms with E-state index in [1.807, 2.05) is 13.8 Å². The van der Waals surface area contributed by atoms with Crippen molar-refractivity contribution in [2.75, 3.05) is 6.54 Å². The summed E-state index contributed by atoms with van der Waals surface area (Å²) in [6.07, 6.45) is 0.639. The van der Waals surface area contributed by atoms with Crippen LogP contribution in [0.3, 0.4) is 0 Å². The van der Waals surface area contributed by atoms with Crippen molar-refractivity contribution in [2.45, 2.75) is 32.8 Å². The van der Waals surface area contributed by atoms with E-state index >= 15 is 0 Å². The lowest BCUT2D eigenvalue weighted by Gasteiger charge is -2.25. The quantitative estimate of drug-likeness (QED) is 0.750. The number of aliphatic hydroxyl groups is 1. The number of hydrogen-bond donors (Lipinski definition) is 2. The second-order valence-corrected chi connectivity index (χ2v) is 7.00. The molecule has 19 heavy (non-hydrogen) atoms. The van der Waals surface area contributed by atoms with Gasteiger partial charge in [0.05, 0.1) is 11.2 Å². The molecule has 0 aromatic heterocycles. The van der Waals surface area contributed by atoms with Gasteiger partial charge < -0.3 is 10.4 Å². The van der Waals surface area contributed by atoms with Gasteiger partial charge in [0.25, 0.3) is 5.91 Å². The van der Waals surface area contributed by atoms with Crippen LogP contribution < -0.4 is 5.32 Å². The van der Waals surface area contributed by atoms with Crippen LogP contribution in [-0.4, -0.2) is 23.2 Å². The van der Waals surface area contributed by atoms with Crippen LogP contribution in [-0.2, 0) is 0 Å². The van der Waals surface area contributed by atoms with Crippen molar-refractivity contribution in [2.24, 2.45) is 5.92 Å². The van der Waals surface area contributed by atoms with E-state index in [0.29, 0.717) is 22.9 Å². The van der Waals surface area contributed by atoms with Crippen molar-refractivity contribution < 1.29 is 9.90 Å². The van der Waals surface area contributed by atoms with Gasteiger partial charge in [0.1, 0.15) is 0 Å². The van der Waals surface area contributed by atoms with Gasteiger partial charge in [0.15, 0.2) is 0 Å². The minimum Gasteiger partial charge on any atom is -0.388 e. The molecule has 2 N–H and O–H groups in total. The topological polar surface area (TPSA) is 49.3 Å². The highest BCUT2D eigenvalue weighted by Gasteiger charge is 2.23. The summed E-state index contributed by atoms with van der Waals surface area (Å²) in [6.45, 7) is 6.04. The van der Waals surface area contributed by atoms with Gasteiger partial charge in [-0.25, -0.2) is 0 Å². The SMILES string of the molecule is CC(C)CC(C)(O)CNC(=O)c1cc(Cl)ccc1I. The second kappa shape index (κ2) is 6.90. The predicted octanol–water partition coefficient (Wildman–Crippen LogP) is 3.47. The third-order valence-corrected chi connectivity index (χ3v) is 3.83. The summed E-state index contributed by atoms with van der Waals surface area (Å²) < 4.78 is 0.836. The largest absolute Gasteiger partial charge is 0.388 e. The Balaban J connectivity index is 2.68. The molecule has 1 atom stereocenters. The third kappa shape index (κ3) is 5.67. The zero-order valence-electron chi connectivity index (χ0n) is 11.3. The van der Waals surface area contributed by atoms with Crippen molar-refractivity contribution >= 4 is 40.1 Å². The van der Waals surface area contributed by atoms with Crippen LogP contribution in [0.25, 0.3) is 0 Å². The van der Waals surface area contributed by atoms with E-state index in [0.717, 1.165) is 3.57 Å². The van der Waals surface area contributed by atoms with Crippen LogP contribution in [0.5, 0.6) is 0 Å². The number of halogens is 2. The van der Waals surface area contributed by atoms with Crippen LogP contribution in [0.15, 0.2) is 18.2 Å². The number of benzene rings is 1. The fourth-order valence-corrected chi connectivity index (χ4v) is 2.74. The van der Waals surface area contributed by atoms with Gasteiger partial charge in [0, 0.05) is 15.1 Å². The number of hydrogen-bond acceptors (Lipinski definition) is 2. The molecule has 3 nitrogen and oxygen atoms in total. The molecule has 1 rings (SSSR count). The molecule has 0 radical (unpaired) electrons. The van der Waals surface area contributed by atoms with Crippen molar-refractivity contribution in [1.29, 1.82) is 0 Å². The Morgan fingerprint density at radius 2 is 2.16 bits per heavy atom. The van der Waals surface area contributed by atoms with Crippen LogP contribution >= 0.6 is 34.2 Å². The second-order valence-electron chi connectivity index (χ2n) is 5.40. The lowest BCUT2D eigenvalue weighted by atomic mass is 9.94. The highest BCUT2D eigenvalue weighted by atomic mass is 127. The lowest BCUT2D eigenvalue weighted by molar-refractivity contribution is 0.0368. The molecule has 0 heterocycles. The number of carbonyl (C=O) groups is 1. The standard InChI is InChI=1S/C14H19ClINO2/c1-9(2)7-14(3,19)8-17-13(18)11-6-10(15)4-5-12(11)16/h4-6,9,19H,7-8H2,1-3H3,(H,17,18). The van der Waals surface area contributed by atoms with Gasteiger partial charge in [-0.1, -0.05) is 25.4 Å². The van der Waals surface area contributed by atoms with Gasteiger partial charge in [-0.3, -0.25) is 4.79 Å². The number of nitrogens with one attached hydrogen (secondary N) is 1. The Morgan fingerprint density at radius 3 is 2.74 bits per heavy atom. The highest BCUT2D eigenvalue weighted by molar-refractivity contribution is 14.1. The molecule has 1 unspecified atom stereocenters. The molecule has 0 aliphatic heterocycles. The van der Waals surface area contributed by atoms with Gasteiger partial charge in [-0.2, -0.15) is 0 Å². The minimum atomic E-state index is -0.895. The average molecular weight is 396 g/mol. The molecule has 0 spiro atoms. The minimum absolute atomic E-state index is 0.212. The van der Waals surface area contributed by atoms with Crippen molar-refractivity contribution in [3.63, 3.8) is 0 Å². The van der Waals surface area contributed by atoms with E-state index in [-0.39, 0.29) is 12.5 Å². The normalized spacial score (nSPS) is 14.3. The lowest BCUT2D eigenvalue weighted by Crippen LogP contribution is -2.41. The molecule has 1 aromatic carbocycles. The molecule has 106 valence electrons. The van der Waals surface area contributed by atoms with Gasteiger partial charge in [-0.05, 0) is 60.1 Å². The Morgan fingerprint density at radius 1 is 1.53 bits per heavy atom. The molecule has 0 aliphatic rings. The molecular weight excluding hydrogens is 377 g/mol. The summed E-state index contributed by atoms with van der Waals surface area (Å²) in [6, 6.07) is 5.18. The third-order valence-electron chi connectivity index (χ3n) is 2.65. The Kier molecular flexibility index (Phi) is 6.08.